The third kappa shape index (κ3) is 2.97. The summed E-state index contributed by atoms with van der Waals surface area (Å²) in [4.78, 5) is 14.5. The second-order valence-corrected chi connectivity index (χ2v) is 6.29. The molecule has 0 aromatic heterocycles. The smallest absolute Gasteiger partial charge is 0.244 e. The molecule has 3 atom stereocenters. The zero-order chi connectivity index (χ0) is 13.1. The van der Waals surface area contributed by atoms with Crippen molar-refractivity contribution in [1.82, 2.24) is 10.2 Å². The highest BCUT2D eigenvalue weighted by Crippen LogP contribution is 2.27. The Morgan fingerprint density at radius 2 is 2.12 bits per heavy atom. The third-order valence-electron chi connectivity index (χ3n) is 3.66. The van der Waals surface area contributed by atoms with E-state index in [1.54, 1.807) is 0 Å². The van der Waals surface area contributed by atoms with Gasteiger partial charge in [0.1, 0.15) is 0 Å². The molecule has 0 aromatic rings. The molecular formula is C13H26N2OS. The lowest BCUT2D eigenvalue weighted by Crippen LogP contribution is -2.45. The Bertz CT molecular complexity index is 272. The van der Waals surface area contributed by atoms with Crippen LogP contribution in [-0.4, -0.2) is 40.1 Å². The molecule has 0 aromatic carbocycles. The SMILES string of the molecule is CCSCC(C)N1C(=O)C(C)(CC)NC1CC. The minimum atomic E-state index is -0.355. The van der Waals surface area contributed by atoms with Gasteiger partial charge in [0.25, 0.3) is 0 Å². The van der Waals surface area contributed by atoms with Crippen molar-refractivity contribution in [2.45, 2.75) is 65.2 Å². The van der Waals surface area contributed by atoms with Crippen LogP contribution in [0.2, 0.25) is 0 Å². The Morgan fingerprint density at radius 3 is 2.59 bits per heavy atom. The first-order valence-corrected chi connectivity index (χ1v) is 7.83. The standard InChI is InChI=1S/C13H26N2OS/c1-6-11-14-13(5,7-2)12(16)15(11)10(4)9-17-8-3/h10-11,14H,6-9H2,1-5H3. The molecule has 4 heteroatoms. The number of carbonyl (C=O) groups is 1. The summed E-state index contributed by atoms with van der Waals surface area (Å²) in [5.41, 5.74) is -0.355. The van der Waals surface area contributed by atoms with Gasteiger partial charge in [0, 0.05) is 11.8 Å². The Morgan fingerprint density at radius 1 is 1.47 bits per heavy atom. The van der Waals surface area contributed by atoms with E-state index in [2.05, 4.69) is 37.9 Å². The van der Waals surface area contributed by atoms with Crippen molar-refractivity contribution in [3.63, 3.8) is 0 Å². The van der Waals surface area contributed by atoms with Gasteiger partial charge in [-0.15, -0.1) is 0 Å². The fraction of sp³-hybridized carbons (Fsp3) is 0.923. The van der Waals surface area contributed by atoms with Crippen LogP contribution in [-0.2, 0) is 4.79 Å². The van der Waals surface area contributed by atoms with E-state index < -0.39 is 0 Å². The lowest BCUT2D eigenvalue weighted by atomic mass is 9.99. The van der Waals surface area contributed by atoms with Crippen LogP contribution in [0.5, 0.6) is 0 Å². The second-order valence-electron chi connectivity index (χ2n) is 4.97. The maximum Gasteiger partial charge on any atom is 0.244 e. The van der Waals surface area contributed by atoms with Crippen LogP contribution in [0.15, 0.2) is 0 Å². The van der Waals surface area contributed by atoms with Crippen molar-refractivity contribution in [3.05, 3.63) is 0 Å². The molecule has 1 rings (SSSR count). The van der Waals surface area contributed by atoms with Crippen molar-refractivity contribution in [2.75, 3.05) is 11.5 Å². The molecule has 0 radical (unpaired) electrons. The number of carbonyl (C=O) groups excluding carboxylic acids is 1. The van der Waals surface area contributed by atoms with Crippen LogP contribution in [0.25, 0.3) is 0 Å². The van der Waals surface area contributed by atoms with E-state index in [1.165, 1.54) is 0 Å². The Balaban J connectivity index is 2.78. The van der Waals surface area contributed by atoms with Gasteiger partial charge < -0.3 is 4.90 Å². The second kappa shape index (κ2) is 6.10. The monoisotopic (exact) mass is 258 g/mol. The van der Waals surface area contributed by atoms with E-state index in [4.69, 9.17) is 0 Å². The van der Waals surface area contributed by atoms with Crippen LogP contribution in [0.4, 0.5) is 0 Å². The van der Waals surface area contributed by atoms with Crippen LogP contribution >= 0.6 is 11.8 Å². The molecule has 100 valence electrons. The van der Waals surface area contributed by atoms with Gasteiger partial charge in [-0.1, -0.05) is 20.8 Å². The first-order valence-electron chi connectivity index (χ1n) is 6.68. The number of hydrogen-bond acceptors (Lipinski definition) is 3. The maximum atomic E-state index is 12.5. The molecule has 1 heterocycles. The summed E-state index contributed by atoms with van der Waals surface area (Å²) < 4.78 is 0. The van der Waals surface area contributed by atoms with Crippen molar-refractivity contribution in [3.8, 4) is 0 Å². The molecule has 0 bridgehead atoms. The molecule has 1 fully saturated rings. The first kappa shape index (κ1) is 14.8. The summed E-state index contributed by atoms with van der Waals surface area (Å²) in [6.45, 7) is 10.6. The molecule has 3 nitrogen and oxygen atoms in total. The first-order chi connectivity index (χ1) is 8.00. The summed E-state index contributed by atoms with van der Waals surface area (Å²) in [5, 5.41) is 3.49. The highest BCUT2D eigenvalue weighted by molar-refractivity contribution is 7.99. The number of nitrogens with zero attached hydrogens (tertiary/aromatic N) is 1. The van der Waals surface area contributed by atoms with E-state index in [0.29, 0.717) is 6.04 Å². The van der Waals surface area contributed by atoms with Crippen LogP contribution in [0, 0.1) is 0 Å². The lowest BCUT2D eigenvalue weighted by molar-refractivity contribution is -0.134. The van der Waals surface area contributed by atoms with E-state index in [0.717, 1.165) is 24.3 Å². The number of amides is 1. The van der Waals surface area contributed by atoms with Gasteiger partial charge in [0.05, 0.1) is 11.7 Å². The summed E-state index contributed by atoms with van der Waals surface area (Å²) in [6.07, 6.45) is 2.04. The highest BCUT2D eigenvalue weighted by Gasteiger charge is 2.47. The predicted octanol–water partition coefficient (Wildman–Crippen LogP) is 2.46. The molecule has 1 aliphatic heterocycles. The zero-order valence-electron chi connectivity index (χ0n) is 11.7. The minimum Gasteiger partial charge on any atom is -0.322 e. The molecule has 1 amide bonds. The van der Waals surface area contributed by atoms with E-state index in [1.807, 2.05) is 18.7 Å². The molecule has 1 saturated heterocycles. The number of nitrogens with one attached hydrogen (secondary N) is 1. The number of rotatable bonds is 6. The van der Waals surface area contributed by atoms with E-state index in [-0.39, 0.29) is 17.6 Å². The van der Waals surface area contributed by atoms with Crippen molar-refractivity contribution in [1.29, 1.82) is 0 Å². The lowest BCUT2D eigenvalue weighted by Gasteiger charge is -2.29. The van der Waals surface area contributed by atoms with Crippen molar-refractivity contribution >= 4 is 17.7 Å². The minimum absolute atomic E-state index is 0.208. The summed E-state index contributed by atoms with van der Waals surface area (Å²) in [6, 6.07) is 0.318. The van der Waals surface area contributed by atoms with Gasteiger partial charge in [0.15, 0.2) is 0 Å². The highest BCUT2D eigenvalue weighted by atomic mass is 32.2. The molecule has 0 spiro atoms. The molecule has 17 heavy (non-hydrogen) atoms. The normalized spacial score (nSPS) is 31.0. The zero-order valence-corrected chi connectivity index (χ0v) is 12.6. The average molecular weight is 258 g/mol. The van der Waals surface area contributed by atoms with Crippen molar-refractivity contribution < 1.29 is 4.79 Å². The summed E-state index contributed by atoms with van der Waals surface area (Å²) in [5.74, 6) is 2.41. The fourth-order valence-electron chi connectivity index (χ4n) is 2.35. The molecule has 1 aliphatic rings. The van der Waals surface area contributed by atoms with E-state index >= 15 is 0 Å². The molecular weight excluding hydrogens is 232 g/mol. The van der Waals surface area contributed by atoms with Crippen LogP contribution in [0.1, 0.15) is 47.5 Å². The molecule has 0 aliphatic carbocycles. The predicted molar refractivity (Wildman–Crippen MR) is 75.2 cm³/mol. The van der Waals surface area contributed by atoms with Gasteiger partial charge in [0.2, 0.25) is 5.91 Å². The van der Waals surface area contributed by atoms with Crippen molar-refractivity contribution in [2.24, 2.45) is 0 Å². The topological polar surface area (TPSA) is 32.3 Å². The van der Waals surface area contributed by atoms with Gasteiger partial charge in [-0.05, 0) is 32.4 Å². The van der Waals surface area contributed by atoms with Gasteiger partial charge >= 0.3 is 0 Å². The summed E-state index contributed by atoms with van der Waals surface area (Å²) >= 11 is 1.90. The molecule has 3 unspecified atom stereocenters. The molecule has 0 saturated carbocycles. The largest absolute Gasteiger partial charge is 0.322 e. The van der Waals surface area contributed by atoms with Gasteiger partial charge in [-0.3, -0.25) is 10.1 Å². The summed E-state index contributed by atoms with van der Waals surface area (Å²) in [7, 11) is 0. The third-order valence-corrected chi connectivity index (χ3v) is 4.79. The van der Waals surface area contributed by atoms with Crippen LogP contribution < -0.4 is 5.32 Å². The average Bonchev–Trinajstić information content (AvgIpc) is 2.59. The van der Waals surface area contributed by atoms with Gasteiger partial charge in [-0.2, -0.15) is 11.8 Å². The number of thioether (sulfide) groups is 1. The quantitative estimate of drug-likeness (QED) is 0.794. The maximum absolute atomic E-state index is 12.5. The Hall–Kier alpha value is -0.220. The molecule has 1 N–H and O–H groups in total. The number of hydrogen-bond donors (Lipinski definition) is 1. The van der Waals surface area contributed by atoms with E-state index in [9.17, 15) is 4.79 Å². The Labute approximate surface area is 110 Å². The van der Waals surface area contributed by atoms with Crippen LogP contribution in [0.3, 0.4) is 0 Å². The Kier molecular flexibility index (Phi) is 5.32. The fourth-order valence-corrected chi connectivity index (χ4v) is 3.09. The van der Waals surface area contributed by atoms with Gasteiger partial charge in [-0.25, -0.2) is 0 Å².